The first-order valence-electron chi connectivity index (χ1n) is 13.6. The number of aliphatic hydroxyl groups excluding tert-OH is 1. The molecular weight excluding hydrogens is 474 g/mol. The molecule has 1 aliphatic heterocycles. The second kappa shape index (κ2) is 14.4. The highest BCUT2D eigenvalue weighted by Gasteiger charge is 2.14. The molecule has 0 bridgehead atoms. The summed E-state index contributed by atoms with van der Waals surface area (Å²) in [6.45, 7) is 10.00. The summed E-state index contributed by atoms with van der Waals surface area (Å²) in [5.74, 6) is 0.467. The number of ketones is 1. The van der Waals surface area contributed by atoms with E-state index >= 15 is 0 Å². The summed E-state index contributed by atoms with van der Waals surface area (Å²) >= 11 is 0. The van der Waals surface area contributed by atoms with E-state index in [1.807, 2.05) is 49.5 Å². The first-order chi connectivity index (χ1) is 18.3. The van der Waals surface area contributed by atoms with Crippen LogP contribution >= 0.6 is 0 Å². The van der Waals surface area contributed by atoms with Crippen molar-refractivity contribution in [3.8, 4) is 0 Å². The molecule has 1 aliphatic rings. The number of nitrogens with one attached hydrogen (secondary N) is 1. The number of nitrogens with zero attached hydrogens (tertiary/aromatic N) is 2. The van der Waals surface area contributed by atoms with Crippen LogP contribution in [0.3, 0.4) is 0 Å². The Kier molecular flexibility index (Phi) is 11.0. The van der Waals surface area contributed by atoms with E-state index in [1.165, 1.54) is 5.57 Å². The minimum absolute atomic E-state index is 0.0924. The molecule has 0 saturated heterocycles. The maximum atomic E-state index is 12.8. The molecule has 1 atom stereocenters. The summed E-state index contributed by atoms with van der Waals surface area (Å²) in [4.78, 5) is 31.7. The number of aliphatic hydroxyl groups is 1. The number of hydrogen-bond donors (Lipinski definition) is 2. The lowest BCUT2D eigenvalue weighted by Crippen LogP contribution is -2.35. The standard InChI is InChI=1S/C32H41N3O3/c1-5-7-25(8-6-9-31(37)27-13-11-26(12-14-27)28-16-17-33-20-28)21-35(4)22-30-23(2)10-15-29(24(30)3)32(38)34-18-19-36/h10-17,22,25,36H,2,5-9,18-21H2,1,3-4H3,(H,34,38)/b30-22+. The van der Waals surface area contributed by atoms with E-state index in [-0.39, 0.29) is 24.8 Å². The molecule has 2 N–H and O–H groups in total. The van der Waals surface area contributed by atoms with Crippen LogP contribution < -0.4 is 15.8 Å². The topological polar surface area (TPSA) is 82.0 Å². The number of Topliss-reactive ketones (excluding diaryl/α,β-unsaturated/α-hetero) is 1. The third-order valence-corrected chi connectivity index (χ3v) is 7.08. The Morgan fingerprint density at radius 1 is 1.18 bits per heavy atom. The molecular formula is C32H41N3O3. The number of benzene rings is 2. The first kappa shape index (κ1) is 29.1. The van der Waals surface area contributed by atoms with Crippen molar-refractivity contribution in [3.63, 3.8) is 0 Å². The predicted molar refractivity (Wildman–Crippen MR) is 157 cm³/mol. The lowest BCUT2D eigenvalue weighted by atomic mass is 9.94. The Morgan fingerprint density at radius 2 is 1.95 bits per heavy atom. The molecule has 1 amide bonds. The van der Waals surface area contributed by atoms with Crippen LogP contribution in [0.15, 0.2) is 47.5 Å². The molecule has 0 aliphatic carbocycles. The summed E-state index contributed by atoms with van der Waals surface area (Å²) < 4.78 is 0. The van der Waals surface area contributed by atoms with Crippen LogP contribution in [0.2, 0.25) is 0 Å². The third-order valence-electron chi connectivity index (χ3n) is 7.08. The number of hydrogen-bond acceptors (Lipinski definition) is 5. The molecule has 202 valence electrons. The van der Waals surface area contributed by atoms with Crippen molar-refractivity contribution in [1.29, 1.82) is 0 Å². The van der Waals surface area contributed by atoms with Crippen LogP contribution in [0.5, 0.6) is 0 Å². The van der Waals surface area contributed by atoms with Gasteiger partial charge in [0.25, 0.3) is 5.91 Å². The van der Waals surface area contributed by atoms with Crippen LogP contribution in [-0.2, 0) is 0 Å². The second-order valence-electron chi connectivity index (χ2n) is 10.1. The normalized spacial score (nSPS) is 13.9. The zero-order valence-electron chi connectivity index (χ0n) is 23.0. The van der Waals surface area contributed by atoms with Gasteiger partial charge in [0, 0.05) is 55.3 Å². The fourth-order valence-corrected chi connectivity index (χ4v) is 4.99. The first-order valence-corrected chi connectivity index (χ1v) is 13.6. The smallest absolute Gasteiger partial charge is 0.251 e. The molecule has 6 nitrogen and oxygen atoms in total. The van der Waals surface area contributed by atoms with Crippen molar-refractivity contribution < 1.29 is 14.7 Å². The molecule has 0 aromatic heterocycles. The van der Waals surface area contributed by atoms with E-state index < -0.39 is 0 Å². The van der Waals surface area contributed by atoms with Crippen LogP contribution in [0.4, 0.5) is 0 Å². The summed E-state index contributed by atoms with van der Waals surface area (Å²) in [7, 11) is 2.05. The van der Waals surface area contributed by atoms with Crippen LogP contribution in [-0.4, -0.2) is 61.2 Å². The van der Waals surface area contributed by atoms with Gasteiger partial charge in [-0.2, -0.15) is 0 Å². The molecule has 1 heterocycles. The van der Waals surface area contributed by atoms with Crippen molar-refractivity contribution in [2.24, 2.45) is 10.9 Å². The SMILES string of the molecule is C=c1ccc(C(=O)NCCO)c(C)/c1=C/N(C)CC(CCC)CCCC(=O)c1ccc(C2=CC=NC2)cc1. The maximum absolute atomic E-state index is 12.8. The van der Waals surface area contributed by atoms with Crippen molar-refractivity contribution in [2.75, 3.05) is 33.3 Å². The quantitative estimate of drug-likeness (QED) is 0.376. The molecule has 2 aromatic carbocycles. The third kappa shape index (κ3) is 7.99. The fourth-order valence-electron chi connectivity index (χ4n) is 4.99. The lowest BCUT2D eigenvalue weighted by molar-refractivity contribution is 0.0942. The molecule has 38 heavy (non-hydrogen) atoms. The van der Waals surface area contributed by atoms with Crippen molar-refractivity contribution in [3.05, 3.63) is 75.2 Å². The van der Waals surface area contributed by atoms with Crippen LogP contribution in [0.25, 0.3) is 18.4 Å². The molecule has 2 aromatic rings. The highest BCUT2D eigenvalue weighted by molar-refractivity contribution is 5.97. The molecule has 0 radical (unpaired) electrons. The van der Waals surface area contributed by atoms with E-state index in [2.05, 4.69) is 42.0 Å². The molecule has 0 saturated carbocycles. The molecule has 1 unspecified atom stereocenters. The van der Waals surface area contributed by atoms with Crippen molar-refractivity contribution >= 4 is 36.3 Å². The van der Waals surface area contributed by atoms with Gasteiger partial charge in [-0.05, 0) is 66.2 Å². The van der Waals surface area contributed by atoms with Crippen molar-refractivity contribution in [1.82, 2.24) is 10.2 Å². The van der Waals surface area contributed by atoms with Gasteiger partial charge in [-0.25, -0.2) is 0 Å². The van der Waals surface area contributed by atoms with Gasteiger partial charge >= 0.3 is 0 Å². The zero-order valence-corrected chi connectivity index (χ0v) is 23.0. The second-order valence-corrected chi connectivity index (χ2v) is 10.1. The Bertz CT molecular complexity index is 1280. The number of allylic oxidation sites excluding steroid dienone is 1. The monoisotopic (exact) mass is 515 g/mol. The van der Waals surface area contributed by atoms with Crippen molar-refractivity contribution in [2.45, 2.75) is 46.0 Å². The number of aliphatic imine (C=N–C) groups is 1. The Labute approximate surface area is 226 Å². The lowest BCUT2D eigenvalue weighted by Gasteiger charge is -2.23. The largest absolute Gasteiger partial charge is 0.395 e. The zero-order chi connectivity index (χ0) is 27.5. The van der Waals surface area contributed by atoms with Gasteiger partial charge in [0.2, 0.25) is 0 Å². The van der Waals surface area contributed by atoms with Gasteiger partial charge < -0.3 is 15.3 Å². The van der Waals surface area contributed by atoms with E-state index in [0.29, 0.717) is 24.4 Å². The minimum Gasteiger partial charge on any atom is -0.395 e. The summed E-state index contributed by atoms with van der Waals surface area (Å²) in [6, 6.07) is 11.5. The number of carbonyl (C=O) groups is 2. The summed E-state index contributed by atoms with van der Waals surface area (Å²) in [6.07, 6.45) is 10.5. The van der Waals surface area contributed by atoms with E-state index in [1.54, 1.807) is 6.07 Å². The Balaban J connectivity index is 1.59. The Morgan fingerprint density at radius 3 is 2.61 bits per heavy atom. The van der Waals surface area contributed by atoms with Gasteiger partial charge in [-0.3, -0.25) is 14.6 Å². The van der Waals surface area contributed by atoms with Crippen LogP contribution in [0, 0.1) is 12.8 Å². The van der Waals surface area contributed by atoms with Gasteiger partial charge in [0.05, 0.1) is 13.2 Å². The highest BCUT2D eigenvalue weighted by atomic mass is 16.3. The van der Waals surface area contributed by atoms with Gasteiger partial charge in [0.1, 0.15) is 0 Å². The van der Waals surface area contributed by atoms with E-state index in [4.69, 9.17) is 5.11 Å². The van der Waals surface area contributed by atoms with E-state index in [9.17, 15) is 9.59 Å². The summed E-state index contributed by atoms with van der Waals surface area (Å²) in [5.41, 5.74) is 4.55. The summed E-state index contributed by atoms with van der Waals surface area (Å²) in [5, 5.41) is 13.5. The average molecular weight is 516 g/mol. The maximum Gasteiger partial charge on any atom is 0.251 e. The molecule has 0 fully saturated rings. The number of rotatable bonds is 14. The predicted octanol–water partition coefficient (Wildman–Crippen LogP) is 3.73. The number of carbonyl (C=O) groups excluding carboxylic acids is 2. The minimum atomic E-state index is -0.193. The molecule has 0 spiro atoms. The van der Waals surface area contributed by atoms with Gasteiger partial charge in [-0.15, -0.1) is 0 Å². The fraction of sp³-hybridized carbons (Fsp3) is 0.406. The Hall–Kier alpha value is -3.51. The molecule has 3 rings (SSSR count). The van der Waals surface area contributed by atoms with Gasteiger partial charge in [-0.1, -0.05) is 50.3 Å². The highest BCUT2D eigenvalue weighted by Crippen LogP contribution is 2.20. The average Bonchev–Trinajstić information content (AvgIpc) is 3.45. The molecule has 6 heteroatoms. The number of amides is 1. The van der Waals surface area contributed by atoms with Crippen LogP contribution in [0.1, 0.15) is 70.9 Å². The van der Waals surface area contributed by atoms with Gasteiger partial charge in [0.15, 0.2) is 5.78 Å². The van der Waals surface area contributed by atoms with E-state index in [0.717, 1.165) is 59.4 Å².